The van der Waals surface area contributed by atoms with Crippen molar-refractivity contribution in [3.63, 3.8) is 0 Å². The van der Waals surface area contributed by atoms with Crippen molar-refractivity contribution in [2.75, 3.05) is 16.3 Å². The average molecular weight is 781 g/mol. The monoisotopic (exact) mass is 781 g/mol. The van der Waals surface area contributed by atoms with E-state index in [9.17, 15) is 0 Å². The summed E-state index contributed by atoms with van der Waals surface area (Å²) < 4.78 is 5.68. The Morgan fingerprint density at radius 1 is 0.576 bits per heavy atom. The summed E-state index contributed by atoms with van der Waals surface area (Å²) in [6.45, 7) is 21.6. The van der Waals surface area contributed by atoms with E-state index in [0.29, 0.717) is 5.92 Å². The van der Waals surface area contributed by atoms with Gasteiger partial charge in [0.05, 0.1) is 6.26 Å². The topological polar surface area (TPSA) is 19.6 Å². The molecule has 0 saturated heterocycles. The summed E-state index contributed by atoms with van der Waals surface area (Å²) in [5.41, 5.74) is 15.9. The molecule has 0 fully saturated rings. The zero-order valence-electron chi connectivity index (χ0n) is 37.0. The van der Waals surface area contributed by atoms with Crippen LogP contribution in [-0.2, 0) is 5.41 Å². The highest BCUT2D eigenvalue weighted by Gasteiger charge is 2.31. The number of aryl methyl sites for hydroxylation is 2. The van der Waals surface area contributed by atoms with Crippen LogP contribution in [-0.4, -0.2) is 12.1 Å². The first-order valence-electron chi connectivity index (χ1n) is 21.9. The lowest BCUT2D eigenvalue weighted by Gasteiger charge is -2.41. The van der Waals surface area contributed by atoms with Crippen LogP contribution < -0.4 is 9.80 Å². The molecule has 0 amide bonds. The molecule has 1 unspecified atom stereocenters. The quantitative estimate of drug-likeness (QED) is 0.0974. The standard InChI is InChI=1S/C56H64N2O/c1-10-12-35-56(9,39-57(53-31-13-41(5)37-42(53)6)50-26-20-46(21-27-50)44-16-14-43(15-17-44)40(3)4)49-24-18-45(19-25-49)47-22-28-51(29-23-47)58(55(7,8)34-11-2)52-30-32-54-48(38-52)33-36-59-54/h13-33,36-38,40H,10-12,34-35,39H2,1-9H3. The van der Waals surface area contributed by atoms with E-state index in [-0.39, 0.29) is 11.0 Å². The molecule has 3 heteroatoms. The molecule has 0 N–H and O–H groups in total. The molecular formula is C56H64N2O. The van der Waals surface area contributed by atoms with Crippen LogP contribution in [0.3, 0.4) is 0 Å². The first-order chi connectivity index (χ1) is 28.4. The van der Waals surface area contributed by atoms with E-state index in [0.717, 1.165) is 43.2 Å². The number of nitrogens with zero attached hydrogens (tertiary/aromatic N) is 2. The summed E-state index contributed by atoms with van der Waals surface area (Å²) in [5, 5.41) is 1.13. The Bertz CT molecular complexity index is 2440. The highest BCUT2D eigenvalue weighted by atomic mass is 16.3. The second-order valence-corrected chi connectivity index (χ2v) is 18.0. The number of unbranched alkanes of at least 4 members (excludes halogenated alkanes) is 1. The predicted octanol–water partition coefficient (Wildman–Crippen LogP) is 16.5. The number of fused-ring (bicyclic) bond motifs is 1. The number of hydrogen-bond donors (Lipinski definition) is 0. The number of hydrogen-bond acceptors (Lipinski definition) is 3. The molecule has 0 saturated carbocycles. The van der Waals surface area contributed by atoms with Crippen LogP contribution in [0.15, 0.2) is 150 Å². The van der Waals surface area contributed by atoms with Crippen LogP contribution in [0.5, 0.6) is 0 Å². The Kier molecular flexibility index (Phi) is 12.5. The molecule has 0 aliphatic rings. The van der Waals surface area contributed by atoms with Crippen molar-refractivity contribution in [3.05, 3.63) is 168 Å². The Hall–Kier alpha value is -5.54. The van der Waals surface area contributed by atoms with Gasteiger partial charge in [0.2, 0.25) is 0 Å². The van der Waals surface area contributed by atoms with Crippen molar-refractivity contribution < 1.29 is 4.42 Å². The van der Waals surface area contributed by atoms with Gasteiger partial charge in [-0.2, -0.15) is 0 Å². The van der Waals surface area contributed by atoms with Gasteiger partial charge in [-0.3, -0.25) is 0 Å². The normalized spacial score (nSPS) is 12.8. The van der Waals surface area contributed by atoms with Gasteiger partial charge >= 0.3 is 0 Å². The minimum atomic E-state index is -0.0808. The van der Waals surface area contributed by atoms with Gasteiger partial charge in [-0.15, -0.1) is 0 Å². The second-order valence-electron chi connectivity index (χ2n) is 18.0. The first kappa shape index (κ1) is 41.6. The third-order valence-electron chi connectivity index (χ3n) is 12.5. The Morgan fingerprint density at radius 2 is 1.15 bits per heavy atom. The molecule has 0 aliphatic carbocycles. The van der Waals surface area contributed by atoms with Crippen molar-refractivity contribution in [1.29, 1.82) is 0 Å². The molecule has 7 aromatic rings. The fourth-order valence-electron chi connectivity index (χ4n) is 9.08. The zero-order chi connectivity index (χ0) is 41.7. The summed E-state index contributed by atoms with van der Waals surface area (Å²) in [7, 11) is 0. The molecule has 0 radical (unpaired) electrons. The average Bonchev–Trinajstić information content (AvgIpc) is 3.71. The highest BCUT2D eigenvalue weighted by molar-refractivity contribution is 5.84. The summed E-state index contributed by atoms with van der Waals surface area (Å²) >= 11 is 0. The van der Waals surface area contributed by atoms with Crippen molar-refractivity contribution in [2.45, 2.75) is 111 Å². The van der Waals surface area contributed by atoms with Gasteiger partial charge < -0.3 is 14.2 Å². The minimum absolute atomic E-state index is 0.0645. The molecule has 0 aliphatic heterocycles. The summed E-state index contributed by atoms with van der Waals surface area (Å²) in [6.07, 6.45) is 7.40. The maximum absolute atomic E-state index is 5.68. The first-order valence-corrected chi connectivity index (χ1v) is 21.9. The van der Waals surface area contributed by atoms with Crippen molar-refractivity contribution >= 4 is 33.7 Å². The minimum Gasteiger partial charge on any atom is -0.464 e. The molecule has 1 heterocycles. The van der Waals surface area contributed by atoms with Gasteiger partial charge in [0, 0.05) is 45.6 Å². The SMILES string of the molecule is CCCCC(C)(CN(c1ccc(-c2ccc(C(C)C)cc2)cc1)c1ccc(C)cc1C)c1ccc(-c2ccc(N(c3ccc4occc4c3)C(C)(C)CCC)cc2)cc1. The Balaban J connectivity index is 1.18. The maximum Gasteiger partial charge on any atom is 0.133 e. The van der Waals surface area contributed by atoms with E-state index in [2.05, 4.69) is 212 Å². The molecule has 1 aromatic heterocycles. The highest BCUT2D eigenvalue weighted by Crippen LogP contribution is 2.41. The molecule has 6 aromatic carbocycles. The number of furan rings is 1. The summed E-state index contributed by atoms with van der Waals surface area (Å²) in [4.78, 5) is 5.06. The van der Waals surface area contributed by atoms with Gasteiger partial charge in [-0.05, 0) is 140 Å². The van der Waals surface area contributed by atoms with E-state index in [4.69, 9.17) is 4.42 Å². The van der Waals surface area contributed by atoms with E-state index in [1.165, 1.54) is 73.7 Å². The third kappa shape index (κ3) is 9.21. The van der Waals surface area contributed by atoms with Crippen LogP contribution in [0.1, 0.15) is 109 Å². The molecule has 304 valence electrons. The van der Waals surface area contributed by atoms with Crippen LogP contribution in [0.25, 0.3) is 33.2 Å². The third-order valence-corrected chi connectivity index (χ3v) is 12.5. The van der Waals surface area contributed by atoms with Crippen LogP contribution >= 0.6 is 0 Å². The van der Waals surface area contributed by atoms with E-state index >= 15 is 0 Å². The summed E-state index contributed by atoms with van der Waals surface area (Å²) in [6, 6.07) is 52.4. The molecule has 3 nitrogen and oxygen atoms in total. The van der Waals surface area contributed by atoms with Crippen molar-refractivity contribution in [1.82, 2.24) is 0 Å². The van der Waals surface area contributed by atoms with Crippen LogP contribution in [0.4, 0.5) is 22.7 Å². The van der Waals surface area contributed by atoms with Gasteiger partial charge in [-0.1, -0.05) is 144 Å². The smallest absolute Gasteiger partial charge is 0.133 e. The van der Waals surface area contributed by atoms with Gasteiger partial charge in [0.15, 0.2) is 0 Å². The number of benzene rings is 6. The summed E-state index contributed by atoms with van der Waals surface area (Å²) in [5.74, 6) is 0.526. The zero-order valence-corrected chi connectivity index (χ0v) is 37.0. The lowest BCUT2D eigenvalue weighted by atomic mass is 9.77. The molecule has 1 atom stereocenters. The lowest BCUT2D eigenvalue weighted by molar-refractivity contribution is 0.424. The number of anilines is 4. The molecule has 0 bridgehead atoms. The fraction of sp³-hybridized carbons (Fsp3) is 0.321. The molecule has 7 rings (SSSR count). The van der Waals surface area contributed by atoms with Crippen molar-refractivity contribution in [2.24, 2.45) is 0 Å². The van der Waals surface area contributed by atoms with E-state index in [1.54, 1.807) is 6.26 Å². The largest absolute Gasteiger partial charge is 0.464 e. The Morgan fingerprint density at radius 3 is 1.73 bits per heavy atom. The van der Waals surface area contributed by atoms with Crippen LogP contribution in [0.2, 0.25) is 0 Å². The van der Waals surface area contributed by atoms with Gasteiger partial charge in [-0.25, -0.2) is 0 Å². The van der Waals surface area contributed by atoms with E-state index in [1.807, 2.05) is 0 Å². The van der Waals surface area contributed by atoms with E-state index < -0.39 is 0 Å². The maximum atomic E-state index is 5.68. The van der Waals surface area contributed by atoms with Crippen LogP contribution in [0, 0.1) is 13.8 Å². The number of rotatable bonds is 16. The predicted molar refractivity (Wildman–Crippen MR) is 255 cm³/mol. The lowest BCUT2D eigenvalue weighted by Crippen LogP contribution is -2.40. The second kappa shape index (κ2) is 17.8. The molecule has 0 spiro atoms. The molecular weight excluding hydrogens is 717 g/mol. The van der Waals surface area contributed by atoms with Gasteiger partial charge in [0.1, 0.15) is 5.58 Å². The van der Waals surface area contributed by atoms with Gasteiger partial charge in [0.25, 0.3) is 0 Å². The Labute approximate surface area is 354 Å². The van der Waals surface area contributed by atoms with Crippen molar-refractivity contribution in [3.8, 4) is 22.3 Å². The molecule has 59 heavy (non-hydrogen) atoms. The fourth-order valence-corrected chi connectivity index (χ4v) is 9.08.